The van der Waals surface area contributed by atoms with Crippen LogP contribution in [0.15, 0.2) is 29.0 Å². The van der Waals surface area contributed by atoms with E-state index >= 15 is 0 Å². The summed E-state index contributed by atoms with van der Waals surface area (Å²) in [5.74, 6) is 0.743. The van der Waals surface area contributed by atoms with E-state index in [-0.39, 0.29) is 0 Å². The van der Waals surface area contributed by atoms with Crippen LogP contribution in [0.4, 0.5) is 5.95 Å². The largest absolute Gasteiger partial charge is 0.479 e. The lowest BCUT2D eigenvalue weighted by Crippen LogP contribution is -2.02. The molecule has 2 aromatic heterocycles. The highest BCUT2D eigenvalue weighted by Gasteiger charge is 2.17. The SMILES string of the molecule is COc1ncnc2c1nc(N)n2-c1ccc(C)cc1Br. The Balaban J connectivity index is 2.34. The normalized spacial score (nSPS) is 10.9. The second kappa shape index (κ2) is 4.75. The van der Waals surface area contributed by atoms with Crippen LogP contribution in [0.1, 0.15) is 5.56 Å². The van der Waals surface area contributed by atoms with Crippen LogP contribution in [0.5, 0.6) is 5.88 Å². The van der Waals surface area contributed by atoms with Crippen molar-refractivity contribution in [2.75, 3.05) is 12.8 Å². The summed E-state index contributed by atoms with van der Waals surface area (Å²) >= 11 is 3.55. The molecule has 0 bridgehead atoms. The monoisotopic (exact) mass is 333 g/mol. The minimum absolute atomic E-state index is 0.336. The zero-order valence-electron chi connectivity index (χ0n) is 11.0. The van der Waals surface area contributed by atoms with E-state index in [1.54, 1.807) is 11.7 Å². The summed E-state index contributed by atoms with van der Waals surface area (Å²) in [5, 5.41) is 0. The average molecular weight is 334 g/mol. The van der Waals surface area contributed by atoms with Crippen molar-refractivity contribution in [3.8, 4) is 11.6 Å². The number of anilines is 1. The molecule has 0 saturated heterocycles. The molecule has 0 fully saturated rings. The summed E-state index contributed by atoms with van der Waals surface area (Å²) in [6, 6.07) is 5.98. The minimum atomic E-state index is 0.336. The van der Waals surface area contributed by atoms with Crippen LogP contribution in [0.3, 0.4) is 0 Å². The summed E-state index contributed by atoms with van der Waals surface area (Å²) < 4.78 is 7.87. The molecular formula is C13H12BrN5O. The highest BCUT2D eigenvalue weighted by molar-refractivity contribution is 9.10. The van der Waals surface area contributed by atoms with Gasteiger partial charge in [0.05, 0.1) is 12.8 Å². The van der Waals surface area contributed by atoms with Crippen LogP contribution in [-0.4, -0.2) is 26.6 Å². The lowest BCUT2D eigenvalue weighted by molar-refractivity contribution is 0.401. The van der Waals surface area contributed by atoms with Crippen LogP contribution in [0.2, 0.25) is 0 Å². The highest BCUT2D eigenvalue weighted by Crippen LogP contribution is 2.30. The van der Waals surface area contributed by atoms with E-state index in [1.807, 2.05) is 25.1 Å². The summed E-state index contributed by atoms with van der Waals surface area (Å²) in [6.45, 7) is 2.02. The maximum atomic E-state index is 6.02. The zero-order valence-corrected chi connectivity index (χ0v) is 12.5. The molecule has 102 valence electrons. The molecule has 3 rings (SSSR count). The van der Waals surface area contributed by atoms with Crippen molar-refractivity contribution in [1.29, 1.82) is 0 Å². The Morgan fingerprint density at radius 3 is 2.80 bits per heavy atom. The molecule has 6 nitrogen and oxygen atoms in total. The molecule has 20 heavy (non-hydrogen) atoms. The van der Waals surface area contributed by atoms with Gasteiger partial charge in [0.25, 0.3) is 0 Å². The number of hydrogen-bond donors (Lipinski definition) is 1. The van der Waals surface area contributed by atoms with Gasteiger partial charge in [-0.3, -0.25) is 4.57 Å². The number of methoxy groups -OCH3 is 1. The lowest BCUT2D eigenvalue weighted by atomic mass is 10.2. The first-order valence-electron chi connectivity index (χ1n) is 5.91. The predicted molar refractivity (Wildman–Crippen MR) is 80.1 cm³/mol. The quantitative estimate of drug-likeness (QED) is 0.779. The van der Waals surface area contributed by atoms with Gasteiger partial charge in [0, 0.05) is 4.47 Å². The van der Waals surface area contributed by atoms with E-state index in [9.17, 15) is 0 Å². The van der Waals surface area contributed by atoms with Gasteiger partial charge in [-0.2, -0.15) is 4.98 Å². The van der Waals surface area contributed by atoms with E-state index in [4.69, 9.17) is 10.5 Å². The molecule has 2 heterocycles. The van der Waals surface area contributed by atoms with Crippen molar-refractivity contribution in [3.63, 3.8) is 0 Å². The van der Waals surface area contributed by atoms with Crippen LogP contribution in [0, 0.1) is 6.92 Å². The van der Waals surface area contributed by atoms with Crippen molar-refractivity contribution in [3.05, 3.63) is 34.6 Å². The van der Waals surface area contributed by atoms with Gasteiger partial charge < -0.3 is 10.5 Å². The molecule has 3 aromatic rings. The summed E-state index contributed by atoms with van der Waals surface area (Å²) in [7, 11) is 1.54. The van der Waals surface area contributed by atoms with Gasteiger partial charge in [-0.15, -0.1) is 0 Å². The van der Waals surface area contributed by atoms with Gasteiger partial charge in [-0.1, -0.05) is 6.07 Å². The number of nitrogen functional groups attached to an aromatic ring is 1. The van der Waals surface area contributed by atoms with Crippen LogP contribution in [0.25, 0.3) is 16.9 Å². The Morgan fingerprint density at radius 2 is 2.10 bits per heavy atom. The van der Waals surface area contributed by atoms with E-state index in [0.717, 1.165) is 15.7 Å². The number of hydrogen-bond acceptors (Lipinski definition) is 5. The molecule has 0 spiro atoms. The Bertz CT molecular complexity index is 799. The number of fused-ring (bicyclic) bond motifs is 1. The summed E-state index contributed by atoms with van der Waals surface area (Å²) in [5.41, 5.74) is 9.20. The number of rotatable bonds is 2. The standard InChI is InChI=1S/C13H12BrN5O/c1-7-3-4-9(8(14)5-7)19-11-10(18-13(19)15)12(20-2)17-6-16-11/h3-6H,1-2H3,(H2,15,18). The molecule has 0 aliphatic carbocycles. The summed E-state index contributed by atoms with van der Waals surface area (Å²) in [4.78, 5) is 12.6. The number of benzene rings is 1. The first kappa shape index (κ1) is 12.9. The number of aryl methyl sites for hydroxylation is 1. The number of halogens is 1. The maximum Gasteiger partial charge on any atom is 0.245 e. The number of imidazole rings is 1. The minimum Gasteiger partial charge on any atom is -0.479 e. The fourth-order valence-corrected chi connectivity index (χ4v) is 2.74. The molecular weight excluding hydrogens is 322 g/mol. The van der Waals surface area contributed by atoms with Gasteiger partial charge in [0.2, 0.25) is 11.8 Å². The predicted octanol–water partition coefficient (Wildman–Crippen LogP) is 2.48. The van der Waals surface area contributed by atoms with E-state index < -0.39 is 0 Å². The lowest BCUT2D eigenvalue weighted by Gasteiger charge is -2.09. The third-order valence-corrected chi connectivity index (χ3v) is 3.61. The Kier molecular flexibility index (Phi) is 3.06. The molecule has 0 unspecified atom stereocenters. The smallest absolute Gasteiger partial charge is 0.245 e. The second-order valence-corrected chi connectivity index (χ2v) is 5.17. The van der Waals surface area contributed by atoms with Gasteiger partial charge in [0.1, 0.15) is 6.33 Å². The molecule has 0 aliphatic rings. The molecule has 0 atom stereocenters. The Hall–Kier alpha value is -2.15. The van der Waals surface area contributed by atoms with Gasteiger partial charge in [-0.25, -0.2) is 9.97 Å². The first-order chi connectivity index (χ1) is 9.61. The van der Waals surface area contributed by atoms with Crippen molar-refractivity contribution in [2.24, 2.45) is 0 Å². The molecule has 0 radical (unpaired) electrons. The van der Waals surface area contributed by atoms with Crippen molar-refractivity contribution in [2.45, 2.75) is 6.92 Å². The topological polar surface area (TPSA) is 78.8 Å². The van der Waals surface area contributed by atoms with Crippen LogP contribution < -0.4 is 10.5 Å². The molecule has 2 N–H and O–H groups in total. The zero-order chi connectivity index (χ0) is 14.3. The number of aromatic nitrogens is 4. The van der Waals surface area contributed by atoms with Crippen molar-refractivity contribution in [1.82, 2.24) is 19.5 Å². The fourth-order valence-electron chi connectivity index (χ4n) is 2.07. The van der Waals surface area contributed by atoms with Gasteiger partial charge >= 0.3 is 0 Å². The number of nitrogens with two attached hydrogens (primary N) is 1. The Morgan fingerprint density at radius 1 is 1.30 bits per heavy atom. The number of ether oxygens (including phenoxy) is 1. The molecule has 7 heteroatoms. The van der Waals surface area contributed by atoms with Crippen molar-refractivity contribution < 1.29 is 4.74 Å². The fraction of sp³-hybridized carbons (Fsp3) is 0.154. The summed E-state index contributed by atoms with van der Waals surface area (Å²) in [6.07, 6.45) is 1.43. The second-order valence-electron chi connectivity index (χ2n) is 4.32. The van der Waals surface area contributed by atoms with Gasteiger partial charge in [0.15, 0.2) is 11.2 Å². The highest BCUT2D eigenvalue weighted by atomic mass is 79.9. The van der Waals surface area contributed by atoms with E-state index in [1.165, 1.54) is 6.33 Å². The van der Waals surface area contributed by atoms with E-state index in [0.29, 0.717) is 23.0 Å². The first-order valence-corrected chi connectivity index (χ1v) is 6.70. The van der Waals surface area contributed by atoms with E-state index in [2.05, 4.69) is 30.9 Å². The average Bonchev–Trinajstić information content (AvgIpc) is 2.75. The number of nitrogens with zero attached hydrogens (tertiary/aromatic N) is 4. The van der Waals surface area contributed by atoms with Crippen molar-refractivity contribution >= 4 is 33.0 Å². The third-order valence-electron chi connectivity index (χ3n) is 2.97. The third kappa shape index (κ3) is 1.90. The van der Waals surface area contributed by atoms with Gasteiger partial charge in [-0.05, 0) is 40.5 Å². The molecule has 0 amide bonds. The van der Waals surface area contributed by atoms with Crippen LogP contribution >= 0.6 is 15.9 Å². The van der Waals surface area contributed by atoms with Crippen LogP contribution in [-0.2, 0) is 0 Å². The molecule has 0 aliphatic heterocycles. The maximum absolute atomic E-state index is 6.02. The molecule has 1 aromatic carbocycles. The molecule has 0 saturated carbocycles. The Labute approximate surface area is 123 Å².